The standard InChI is InChI=1S/C12H13N3.3ClH/c1-3-11(7-13-5-1)9-15-10-12-4-2-6-14-8-12;;;/h1-8,15H,9-10H2;3*1H/p-3. The van der Waals surface area contributed by atoms with Gasteiger partial charge in [0, 0.05) is 37.9 Å². The number of hydrogen-bond donors (Lipinski definition) is 1. The topological polar surface area (TPSA) is 37.8 Å². The van der Waals surface area contributed by atoms with E-state index >= 15 is 0 Å². The molecule has 0 unspecified atom stereocenters. The van der Waals surface area contributed by atoms with E-state index in [2.05, 4.69) is 27.4 Å². The van der Waals surface area contributed by atoms with E-state index in [0.717, 1.165) is 13.1 Å². The van der Waals surface area contributed by atoms with Gasteiger partial charge in [0.05, 0.1) is 0 Å². The lowest BCUT2D eigenvalue weighted by Crippen LogP contribution is -3.00. The first-order valence-electron chi connectivity index (χ1n) is 4.94. The van der Waals surface area contributed by atoms with E-state index in [4.69, 9.17) is 0 Å². The summed E-state index contributed by atoms with van der Waals surface area (Å²) in [5.41, 5.74) is 2.39. The van der Waals surface area contributed by atoms with Gasteiger partial charge >= 0.3 is 0 Å². The molecule has 100 valence electrons. The number of nitrogens with zero attached hydrogens (tertiary/aromatic N) is 2. The average Bonchev–Trinajstić information content (AvgIpc) is 2.32. The fraction of sp³-hybridized carbons (Fsp3) is 0.167. The van der Waals surface area contributed by atoms with Gasteiger partial charge in [-0.3, -0.25) is 9.97 Å². The monoisotopic (exact) mass is 304 g/mol. The minimum Gasteiger partial charge on any atom is -1.00 e. The largest absolute Gasteiger partial charge is 1.00 e. The molecule has 0 spiro atoms. The Labute approximate surface area is 126 Å². The third-order valence-electron chi connectivity index (χ3n) is 2.10. The highest BCUT2D eigenvalue weighted by Crippen LogP contribution is 1.97. The quantitative estimate of drug-likeness (QED) is 0.610. The van der Waals surface area contributed by atoms with Crippen molar-refractivity contribution in [3.63, 3.8) is 0 Å². The van der Waals surface area contributed by atoms with Crippen LogP contribution in [0, 0.1) is 0 Å². The van der Waals surface area contributed by atoms with E-state index in [1.165, 1.54) is 11.1 Å². The zero-order chi connectivity index (χ0) is 10.3. The summed E-state index contributed by atoms with van der Waals surface area (Å²) in [6.07, 6.45) is 7.31. The molecule has 2 aromatic heterocycles. The van der Waals surface area contributed by atoms with Gasteiger partial charge in [0.25, 0.3) is 0 Å². The normalized spacial score (nSPS) is 8.44. The van der Waals surface area contributed by atoms with Crippen molar-refractivity contribution in [2.24, 2.45) is 0 Å². The SMILES string of the molecule is [Cl-].[Cl-].[Cl-].c1cncc(CNCc2cccnc2)c1. The Kier molecular flexibility index (Phi) is 12.2. The van der Waals surface area contributed by atoms with Crippen molar-refractivity contribution in [3.8, 4) is 0 Å². The highest BCUT2D eigenvalue weighted by atomic mass is 35.5. The van der Waals surface area contributed by atoms with E-state index in [1.807, 2.05) is 24.5 Å². The van der Waals surface area contributed by atoms with Gasteiger partial charge in [-0.05, 0) is 23.3 Å². The maximum atomic E-state index is 4.06. The highest BCUT2D eigenvalue weighted by molar-refractivity contribution is 5.10. The Bertz CT molecular complexity index is 358. The Balaban J connectivity index is 0. The van der Waals surface area contributed by atoms with Gasteiger partial charge in [-0.15, -0.1) is 0 Å². The van der Waals surface area contributed by atoms with E-state index in [9.17, 15) is 0 Å². The van der Waals surface area contributed by atoms with E-state index < -0.39 is 0 Å². The van der Waals surface area contributed by atoms with Crippen molar-refractivity contribution in [2.45, 2.75) is 13.1 Å². The Morgan fingerprint density at radius 3 is 1.56 bits per heavy atom. The predicted molar refractivity (Wildman–Crippen MR) is 59.0 cm³/mol. The molecular formula is C12H13Cl3N3-3. The molecule has 0 aliphatic rings. The third kappa shape index (κ3) is 6.77. The summed E-state index contributed by atoms with van der Waals surface area (Å²) in [5.74, 6) is 0. The molecule has 0 radical (unpaired) electrons. The van der Waals surface area contributed by atoms with Crippen molar-refractivity contribution in [1.29, 1.82) is 0 Å². The lowest BCUT2D eigenvalue weighted by Gasteiger charge is -2.03. The molecule has 1 N–H and O–H groups in total. The summed E-state index contributed by atoms with van der Waals surface area (Å²) in [6.45, 7) is 1.67. The molecule has 6 heteroatoms. The van der Waals surface area contributed by atoms with Crippen LogP contribution in [0.3, 0.4) is 0 Å². The molecule has 2 aromatic rings. The van der Waals surface area contributed by atoms with Crippen molar-refractivity contribution in [1.82, 2.24) is 15.3 Å². The van der Waals surface area contributed by atoms with Gasteiger partial charge in [0.15, 0.2) is 0 Å². The molecule has 3 nitrogen and oxygen atoms in total. The van der Waals surface area contributed by atoms with Crippen LogP contribution in [0.2, 0.25) is 0 Å². The molecule has 0 aromatic carbocycles. The van der Waals surface area contributed by atoms with Gasteiger partial charge in [-0.25, -0.2) is 0 Å². The number of nitrogens with one attached hydrogen (secondary N) is 1. The van der Waals surface area contributed by atoms with Crippen LogP contribution in [0.15, 0.2) is 49.1 Å². The Morgan fingerprint density at radius 1 is 0.778 bits per heavy atom. The molecule has 0 saturated heterocycles. The first kappa shape index (κ1) is 19.5. The molecule has 0 fully saturated rings. The molecule has 18 heavy (non-hydrogen) atoms. The molecular weight excluding hydrogens is 293 g/mol. The molecule has 0 atom stereocenters. The maximum Gasteiger partial charge on any atom is 0.0312 e. The minimum absolute atomic E-state index is 0. The first-order valence-corrected chi connectivity index (χ1v) is 4.94. The Morgan fingerprint density at radius 2 is 1.22 bits per heavy atom. The minimum atomic E-state index is 0. The second kappa shape index (κ2) is 11.2. The van der Waals surface area contributed by atoms with Crippen LogP contribution in [0.25, 0.3) is 0 Å². The summed E-state index contributed by atoms with van der Waals surface area (Å²) in [5, 5.41) is 3.34. The lowest BCUT2D eigenvalue weighted by atomic mass is 10.2. The van der Waals surface area contributed by atoms with E-state index in [-0.39, 0.29) is 37.2 Å². The van der Waals surface area contributed by atoms with Crippen LogP contribution in [0.1, 0.15) is 11.1 Å². The fourth-order valence-corrected chi connectivity index (χ4v) is 1.36. The average molecular weight is 306 g/mol. The molecule has 2 heterocycles. The summed E-state index contributed by atoms with van der Waals surface area (Å²) in [6, 6.07) is 8.01. The fourth-order valence-electron chi connectivity index (χ4n) is 1.36. The molecule has 0 amide bonds. The van der Waals surface area contributed by atoms with Crippen LogP contribution in [-0.4, -0.2) is 9.97 Å². The number of halogens is 3. The summed E-state index contributed by atoms with van der Waals surface area (Å²) >= 11 is 0. The van der Waals surface area contributed by atoms with Crippen LogP contribution < -0.4 is 42.5 Å². The third-order valence-corrected chi connectivity index (χ3v) is 2.10. The predicted octanol–water partition coefficient (Wildman–Crippen LogP) is -7.22. The zero-order valence-electron chi connectivity index (χ0n) is 9.56. The van der Waals surface area contributed by atoms with Crippen LogP contribution in [0.4, 0.5) is 0 Å². The van der Waals surface area contributed by atoms with Gasteiger partial charge in [-0.1, -0.05) is 12.1 Å². The maximum absolute atomic E-state index is 4.06. The smallest absolute Gasteiger partial charge is 0.0312 e. The molecule has 0 aliphatic heterocycles. The second-order valence-corrected chi connectivity index (χ2v) is 3.33. The van der Waals surface area contributed by atoms with Crippen molar-refractivity contribution >= 4 is 0 Å². The summed E-state index contributed by atoms with van der Waals surface area (Å²) in [4.78, 5) is 8.12. The Hall–Kier alpha value is -0.870. The van der Waals surface area contributed by atoms with Crippen LogP contribution in [-0.2, 0) is 13.1 Å². The van der Waals surface area contributed by atoms with Gasteiger partial charge in [-0.2, -0.15) is 0 Å². The number of aromatic nitrogens is 2. The highest BCUT2D eigenvalue weighted by Gasteiger charge is 1.93. The first-order chi connectivity index (χ1) is 7.45. The van der Waals surface area contributed by atoms with Gasteiger partial charge in [0.1, 0.15) is 0 Å². The van der Waals surface area contributed by atoms with Gasteiger partial charge in [0.2, 0.25) is 0 Å². The van der Waals surface area contributed by atoms with Crippen molar-refractivity contribution in [3.05, 3.63) is 60.2 Å². The van der Waals surface area contributed by atoms with Crippen LogP contribution >= 0.6 is 0 Å². The molecule has 0 aliphatic carbocycles. The summed E-state index contributed by atoms with van der Waals surface area (Å²) < 4.78 is 0. The van der Waals surface area contributed by atoms with Crippen LogP contribution in [0.5, 0.6) is 0 Å². The van der Waals surface area contributed by atoms with Crippen molar-refractivity contribution in [2.75, 3.05) is 0 Å². The lowest BCUT2D eigenvalue weighted by molar-refractivity contribution is -0.00100. The molecule has 0 saturated carbocycles. The van der Waals surface area contributed by atoms with Crippen molar-refractivity contribution < 1.29 is 37.2 Å². The number of rotatable bonds is 4. The zero-order valence-corrected chi connectivity index (χ0v) is 11.8. The van der Waals surface area contributed by atoms with E-state index in [0.29, 0.717) is 0 Å². The summed E-state index contributed by atoms with van der Waals surface area (Å²) in [7, 11) is 0. The second-order valence-electron chi connectivity index (χ2n) is 3.33. The van der Waals surface area contributed by atoms with Gasteiger partial charge < -0.3 is 42.5 Å². The van der Waals surface area contributed by atoms with E-state index in [1.54, 1.807) is 12.4 Å². The molecule has 2 rings (SSSR count). The number of pyridine rings is 2. The number of hydrogen-bond acceptors (Lipinski definition) is 3. The molecule has 0 bridgehead atoms.